The van der Waals surface area contributed by atoms with Crippen molar-refractivity contribution in [3.05, 3.63) is 41.2 Å². The van der Waals surface area contributed by atoms with Crippen LogP contribution in [0, 0.1) is 0 Å². The largest absolute Gasteiger partial charge is 0.571 e. The van der Waals surface area contributed by atoms with Crippen molar-refractivity contribution in [2.24, 2.45) is 0 Å². The van der Waals surface area contributed by atoms with Crippen LogP contribution < -0.4 is 4.74 Å². The number of hydrogen-bond acceptors (Lipinski definition) is 16. The number of benzene rings is 2. The monoisotopic (exact) mass is 629 g/mol. The highest BCUT2D eigenvalue weighted by molar-refractivity contribution is 5.69. The van der Waals surface area contributed by atoms with Crippen LogP contribution in [0.15, 0.2) is 30.0 Å². The normalized spacial score (nSPS) is 35.3. The van der Waals surface area contributed by atoms with Gasteiger partial charge in [0, 0.05) is 12.1 Å². The van der Waals surface area contributed by atoms with E-state index in [1.807, 2.05) is 0 Å². The Morgan fingerprint density at radius 1 is 0.636 bits per heavy atom. The minimum atomic E-state index is -1.82. The van der Waals surface area contributed by atoms with Crippen molar-refractivity contribution in [2.45, 2.75) is 67.5 Å². The second-order valence-corrected chi connectivity index (χ2v) is 10.5. The molecule has 17 nitrogen and oxygen atoms in total. The Balaban J connectivity index is 1.51. The van der Waals surface area contributed by atoms with Gasteiger partial charge < -0.3 is 85.0 Å². The quantitative estimate of drug-likeness (QED) is 0.106. The molecule has 0 saturated carbocycles. The average Bonchev–Trinajstić information content (AvgIpc) is 3.00. The van der Waals surface area contributed by atoms with Crippen LogP contribution in [0.4, 0.5) is 0 Å². The molecule has 13 N–H and O–H groups in total. The van der Waals surface area contributed by atoms with Crippen LogP contribution in [0.3, 0.4) is 0 Å². The van der Waals surface area contributed by atoms with E-state index in [0.29, 0.717) is 0 Å². The number of fused-ring (bicyclic) bond motifs is 1. The number of hydrogen-bond donors (Lipinski definition) is 12. The third kappa shape index (κ3) is 5.77. The van der Waals surface area contributed by atoms with E-state index in [9.17, 15) is 61.3 Å². The highest BCUT2D eigenvalue weighted by atomic mass is 16.7. The summed E-state index contributed by atoms with van der Waals surface area (Å²) in [5.74, 6) is -3.04. The second kappa shape index (κ2) is 12.4. The van der Waals surface area contributed by atoms with E-state index in [-0.39, 0.29) is 28.4 Å². The summed E-state index contributed by atoms with van der Waals surface area (Å²) in [7, 11) is 0. The minimum Gasteiger partial charge on any atom is -0.571 e. The lowest BCUT2D eigenvalue weighted by Crippen LogP contribution is -2.60. The first kappa shape index (κ1) is 31.8. The summed E-state index contributed by atoms with van der Waals surface area (Å²) >= 11 is 0. The minimum absolute atomic E-state index is 0.0165. The molecule has 2 aromatic carbocycles. The Morgan fingerprint density at radius 3 is 1.68 bits per heavy atom. The van der Waals surface area contributed by atoms with Crippen molar-refractivity contribution in [3.8, 4) is 34.5 Å². The molecule has 2 fully saturated rings. The van der Waals surface area contributed by atoms with Gasteiger partial charge in [0.05, 0.1) is 24.8 Å². The van der Waals surface area contributed by atoms with Gasteiger partial charge in [0.15, 0.2) is 23.0 Å². The SMILES string of the molecule is OCC1OC(OC2=Cc3c(O)cc(OC4OC(CO)C(O)C(O)C4O)cc3[OH+]C2c2cc(O)c(O)c(O)c2)C(O)C(O)C1O. The topological polar surface area (TPSA) is 292 Å². The van der Waals surface area contributed by atoms with E-state index in [1.54, 1.807) is 0 Å². The Hall–Kier alpha value is -3.62. The molecule has 3 heterocycles. The molecule has 0 radical (unpaired) electrons. The average molecular weight is 630 g/mol. The first-order chi connectivity index (χ1) is 20.8. The van der Waals surface area contributed by atoms with Crippen molar-refractivity contribution in [3.63, 3.8) is 0 Å². The van der Waals surface area contributed by atoms with Crippen molar-refractivity contribution < 1.29 is 85.0 Å². The Kier molecular flexibility index (Phi) is 8.96. The van der Waals surface area contributed by atoms with Gasteiger partial charge in [0.1, 0.15) is 65.9 Å². The number of ether oxygens (including phenoxy) is 5. The fourth-order valence-electron chi connectivity index (χ4n) is 5.06. The molecule has 11 unspecified atom stereocenters. The standard InChI is InChI=1S/C27H32O17/c28-6-16-19(34)21(36)23(38)26(43-16)40-9-3-11(30)10-5-15(42-27-24(39)22(37)20(35)17(7-29)44-27)25(41-14(10)4-9)8-1-12(31)18(33)13(32)2-8/h1-5,16-17,19-39H,6-7H2/p+1. The Bertz CT molecular complexity index is 1360. The lowest BCUT2D eigenvalue weighted by atomic mass is 9.98. The van der Waals surface area contributed by atoms with Crippen molar-refractivity contribution in [2.75, 3.05) is 13.2 Å². The first-order valence-electron chi connectivity index (χ1n) is 13.3. The number of aliphatic hydroxyl groups excluding tert-OH is 8. The van der Waals surface area contributed by atoms with Crippen LogP contribution in [-0.4, -0.2) is 141 Å². The van der Waals surface area contributed by atoms with E-state index in [2.05, 4.69) is 4.74 Å². The molecule has 5 rings (SSSR count). The summed E-state index contributed by atoms with van der Waals surface area (Å²) in [6, 6.07) is 4.47. The molecule has 3 aliphatic heterocycles. The van der Waals surface area contributed by atoms with E-state index in [0.717, 1.165) is 18.2 Å². The number of phenols is 4. The maximum atomic E-state index is 10.9. The van der Waals surface area contributed by atoms with Gasteiger partial charge in [-0.3, -0.25) is 0 Å². The summed E-state index contributed by atoms with van der Waals surface area (Å²) < 4.78 is 26.7. The van der Waals surface area contributed by atoms with Gasteiger partial charge in [-0.05, 0) is 12.1 Å². The van der Waals surface area contributed by atoms with E-state index >= 15 is 0 Å². The van der Waals surface area contributed by atoms with Crippen LogP contribution in [0.25, 0.3) is 6.08 Å². The van der Waals surface area contributed by atoms with Gasteiger partial charge in [0.25, 0.3) is 11.9 Å². The van der Waals surface area contributed by atoms with Crippen LogP contribution in [-0.2, 0) is 14.2 Å². The van der Waals surface area contributed by atoms with Crippen LogP contribution in [0.5, 0.6) is 34.5 Å². The zero-order valence-corrected chi connectivity index (χ0v) is 22.6. The Labute approximate surface area is 247 Å². The molecule has 0 spiro atoms. The third-order valence-corrected chi connectivity index (χ3v) is 7.54. The summed E-state index contributed by atoms with van der Waals surface area (Å²) in [4.78, 5) is 0. The molecule has 44 heavy (non-hydrogen) atoms. The summed E-state index contributed by atoms with van der Waals surface area (Å²) in [6.45, 7) is -1.44. The van der Waals surface area contributed by atoms with Gasteiger partial charge in [0.2, 0.25) is 12.6 Å². The molecule has 2 saturated heterocycles. The van der Waals surface area contributed by atoms with Gasteiger partial charge in [-0.25, -0.2) is 0 Å². The lowest BCUT2D eigenvalue weighted by Gasteiger charge is -2.40. The second-order valence-electron chi connectivity index (χ2n) is 10.5. The molecular weight excluding hydrogens is 596 g/mol. The summed E-state index contributed by atoms with van der Waals surface area (Å²) in [5, 5.41) is 121. The van der Waals surface area contributed by atoms with Crippen molar-refractivity contribution in [1.82, 2.24) is 0 Å². The third-order valence-electron chi connectivity index (χ3n) is 7.54. The molecule has 0 bridgehead atoms. The molecule has 2 aromatic rings. The highest BCUT2D eigenvalue weighted by Crippen LogP contribution is 2.48. The first-order valence-corrected chi connectivity index (χ1v) is 13.3. The van der Waals surface area contributed by atoms with Crippen LogP contribution in [0.1, 0.15) is 17.2 Å². The molecular formula is C27H33O17+. The fraction of sp³-hybridized carbons (Fsp3) is 0.481. The Morgan fingerprint density at radius 2 is 1.16 bits per heavy atom. The molecule has 3 aliphatic rings. The predicted molar refractivity (Wildman–Crippen MR) is 141 cm³/mol. The van der Waals surface area contributed by atoms with Crippen LogP contribution in [0.2, 0.25) is 0 Å². The predicted octanol–water partition coefficient (Wildman–Crippen LogP) is -3.16. The van der Waals surface area contributed by atoms with Crippen molar-refractivity contribution in [1.29, 1.82) is 0 Å². The molecule has 11 atom stereocenters. The fourth-order valence-corrected chi connectivity index (χ4v) is 5.06. The maximum absolute atomic E-state index is 10.9. The zero-order valence-electron chi connectivity index (χ0n) is 22.6. The summed E-state index contributed by atoms with van der Waals surface area (Å²) in [5.41, 5.74) is 0.0493. The number of rotatable bonds is 7. The number of aliphatic hydroxyl groups is 9. The van der Waals surface area contributed by atoms with Gasteiger partial charge in [-0.2, -0.15) is 0 Å². The molecule has 242 valence electrons. The maximum Gasteiger partial charge on any atom is 0.270 e. The van der Waals surface area contributed by atoms with Gasteiger partial charge in [-0.15, -0.1) is 0 Å². The lowest BCUT2D eigenvalue weighted by molar-refractivity contribution is -0.295. The molecule has 0 aromatic heterocycles. The number of aromatic hydroxyl groups is 5. The van der Waals surface area contributed by atoms with E-state index < -0.39 is 104 Å². The van der Waals surface area contributed by atoms with Gasteiger partial charge in [-0.1, -0.05) is 0 Å². The molecule has 0 amide bonds. The van der Waals surface area contributed by atoms with Gasteiger partial charge >= 0.3 is 0 Å². The smallest absolute Gasteiger partial charge is 0.270 e. The van der Waals surface area contributed by atoms with Crippen LogP contribution >= 0.6 is 0 Å². The zero-order chi connectivity index (χ0) is 32.0. The molecule has 17 heteroatoms. The van der Waals surface area contributed by atoms with E-state index in [1.165, 1.54) is 12.1 Å². The summed E-state index contributed by atoms with van der Waals surface area (Å²) in [6.07, 6.45) is -16.3. The highest BCUT2D eigenvalue weighted by Gasteiger charge is 2.47. The molecule has 0 aliphatic carbocycles. The van der Waals surface area contributed by atoms with E-state index in [4.69, 9.17) is 18.9 Å². The van der Waals surface area contributed by atoms with Crippen molar-refractivity contribution >= 4 is 6.08 Å². The number of phenolic OH excluding ortho intramolecular Hbond substituents is 4.